The van der Waals surface area contributed by atoms with Gasteiger partial charge in [0.25, 0.3) is 0 Å². The van der Waals surface area contributed by atoms with Crippen molar-refractivity contribution in [2.24, 2.45) is 11.8 Å². The number of aliphatic carboxylic acids is 1. The molecule has 1 aliphatic rings. The SMILES string of the molecule is CCN(CC)C(=O)CN(C)C(=O)C1CC=CCC1C(=O)O. The maximum atomic E-state index is 12.4. The van der Waals surface area contributed by atoms with Gasteiger partial charge in [-0.05, 0) is 26.7 Å². The van der Waals surface area contributed by atoms with Crippen LogP contribution < -0.4 is 0 Å². The number of carbonyl (C=O) groups is 3. The molecule has 0 aliphatic heterocycles. The zero-order valence-electron chi connectivity index (χ0n) is 12.9. The fraction of sp³-hybridized carbons (Fsp3) is 0.667. The van der Waals surface area contributed by atoms with Crippen molar-refractivity contribution in [3.8, 4) is 0 Å². The van der Waals surface area contributed by atoms with Gasteiger partial charge in [0.05, 0.1) is 18.4 Å². The molecule has 0 aromatic rings. The minimum Gasteiger partial charge on any atom is -0.481 e. The number of nitrogens with zero attached hydrogens (tertiary/aromatic N) is 2. The highest BCUT2D eigenvalue weighted by molar-refractivity contribution is 5.88. The van der Waals surface area contributed by atoms with Crippen LogP contribution in [0.25, 0.3) is 0 Å². The van der Waals surface area contributed by atoms with Crippen LogP contribution in [0.4, 0.5) is 0 Å². The molecule has 0 saturated heterocycles. The van der Waals surface area contributed by atoms with Gasteiger partial charge < -0.3 is 14.9 Å². The number of amides is 2. The molecule has 21 heavy (non-hydrogen) atoms. The number of rotatable bonds is 6. The van der Waals surface area contributed by atoms with E-state index in [0.717, 1.165) is 0 Å². The smallest absolute Gasteiger partial charge is 0.307 e. The second-order valence-corrected chi connectivity index (χ2v) is 5.25. The van der Waals surface area contributed by atoms with Gasteiger partial charge in [0.1, 0.15) is 0 Å². The third-order valence-corrected chi connectivity index (χ3v) is 3.93. The maximum absolute atomic E-state index is 12.4. The summed E-state index contributed by atoms with van der Waals surface area (Å²) in [6.45, 7) is 4.96. The van der Waals surface area contributed by atoms with Crippen molar-refractivity contribution < 1.29 is 19.5 Å². The van der Waals surface area contributed by atoms with E-state index in [0.29, 0.717) is 25.9 Å². The summed E-state index contributed by atoms with van der Waals surface area (Å²) in [5, 5.41) is 9.21. The first-order chi connectivity index (χ1) is 9.92. The third kappa shape index (κ3) is 4.31. The van der Waals surface area contributed by atoms with E-state index < -0.39 is 17.8 Å². The zero-order chi connectivity index (χ0) is 16.0. The highest BCUT2D eigenvalue weighted by Gasteiger charge is 2.35. The van der Waals surface area contributed by atoms with Crippen LogP contribution in [0.15, 0.2) is 12.2 Å². The number of carboxylic acid groups (broad SMARTS) is 1. The lowest BCUT2D eigenvalue weighted by Crippen LogP contribution is -2.45. The minimum atomic E-state index is -0.957. The first-order valence-electron chi connectivity index (χ1n) is 7.32. The van der Waals surface area contributed by atoms with Crippen LogP contribution in [0, 0.1) is 11.8 Å². The molecule has 118 valence electrons. The lowest BCUT2D eigenvalue weighted by molar-refractivity contribution is -0.151. The van der Waals surface area contributed by atoms with Crippen molar-refractivity contribution in [2.75, 3.05) is 26.7 Å². The monoisotopic (exact) mass is 296 g/mol. The van der Waals surface area contributed by atoms with E-state index in [9.17, 15) is 19.5 Å². The average molecular weight is 296 g/mol. The molecule has 6 nitrogen and oxygen atoms in total. The summed E-state index contributed by atoms with van der Waals surface area (Å²) in [6, 6.07) is 0. The van der Waals surface area contributed by atoms with Crippen LogP contribution in [0.5, 0.6) is 0 Å². The normalized spacial score (nSPS) is 20.9. The highest BCUT2D eigenvalue weighted by atomic mass is 16.4. The number of carbonyl (C=O) groups excluding carboxylic acids is 2. The molecule has 2 atom stereocenters. The molecular weight excluding hydrogens is 272 g/mol. The minimum absolute atomic E-state index is 0.00688. The van der Waals surface area contributed by atoms with Crippen LogP contribution in [0.3, 0.4) is 0 Å². The summed E-state index contributed by atoms with van der Waals surface area (Å²) in [4.78, 5) is 38.7. The molecule has 2 amide bonds. The quantitative estimate of drug-likeness (QED) is 0.741. The summed E-state index contributed by atoms with van der Waals surface area (Å²) < 4.78 is 0. The van der Waals surface area contributed by atoms with E-state index in [2.05, 4.69) is 0 Å². The van der Waals surface area contributed by atoms with Crippen molar-refractivity contribution in [3.05, 3.63) is 12.2 Å². The predicted molar refractivity (Wildman–Crippen MR) is 78.6 cm³/mol. The van der Waals surface area contributed by atoms with Gasteiger partial charge >= 0.3 is 5.97 Å². The van der Waals surface area contributed by atoms with Crippen molar-refractivity contribution in [1.82, 2.24) is 9.80 Å². The van der Waals surface area contributed by atoms with Gasteiger partial charge in [-0.3, -0.25) is 14.4 Å². The van der Waals surface area contributed by atoms with Crippen molar-refractivity contribution in [2.45, 2.75) is 26.7 Å². The Hall–Kier alpha value is -1.85. The lowest BCUT2D eigenvalue weighted by Gasteiger charge is -2.29. The molecule has 0 heterocycles. The van der Waals surface area contributed by atoms with Gasteiger partial charge in [-0.25, -0.2) is 0 Å². The number of hydrogen-bond acceptors (Lipinski definition) is 3. The topological polar surface area (TPSA) is 77.9 Å². The van der Waals surface area contributed by atoms with Crippen molar-refractivity contribution >= 4 is 17.8 Å². The Morgan fingerprint density at radius 3 is 2.10 bits per heavy atom. The van der Waals surface area contributed by atoms with Gasteiger partial charge in [-0.1, -0.05) is 12.2 Å². The van der Waals surface area contributed by atoms with E-state index in [4.69, 9.17) is 0 Å². The van der Waals surface area contributed by atoms with E-state index in [1.54, 1.807) is 18.0 Å². The molecule has 0 spiro atoms. The van der Waals surface area contributed by atoms with Crippen LogP contribution >= 0.6 is 0 Å². The summed E-state index contributed by atoms with van der Waals surface area (Å²) in [7, 11) is 1.56. The van der Waals surface area contributed by atoms with Gasteiger partial charge in [-0.2, -0.15) is 0 Å². The van der Waals surface area contributed by atoms with E-state index >= 15 is 0 Å². The molecule has 0 bridgehead atoms. The molecule has 6 heteroatoms. The second-order valence-electron chi connectivity index (χ2n) is 5.25. The molecule has 1 aliphatic carbocycles. The summed E-state index contributed by atoms with van der Waals surface area (Å²) in [5.74, 6) is -2.63. The van der Waals surface area contributed by atoms with Gasteiger partial charge in [-0.15, -0.1) is 0 Å². The van der Waals surface area contributed by atoms with Crippen molar-refractivity contribution in [3.63, 3.8) is 0 Å². The number of carboxylic acids is 1. The lowest BCUT2D eigenvalue weighted by atomic mass is 9.82. The van der Waals surface area contributed by atoms with Gasteiger partial charge in [0.15, 0.2) is 0 Å². The van der Waals surface area contributed by atoms with Crippen LogP contribution in [-0.4, -0.2) is 59.4 Å². The molecule has 0 aromatic carbocycles. The number of hydrogen-bond donors (Lipinski definition) is 1. The van der Waals surface area contributed by atoms with E-state index in [-0.39, 0.29) is 18.4 Å². The average Bonchev–Trinajstić information content (AvgIpc) is 2.47. The fourth-order valence-electron chi connectivity index (χ4n) is 2.60. The molecule has 2 unspecified atom stereocenters. The maximum Gasteiger partial charge on any atom is 0.307 e. The first-order valence-corrected chi connectivity index (χ1v) is 7.32. The van der Waals surface area contributed by atoms with Crippen LogP contribution in [0.2, 0.25) is 0 Å². The molecule has 0 fully saturated rings. The summed E-state index contributed by atoms with van der Waals surface area (Å²) >= 11 is 0. The second kappa shape index (κ2) is 7.81. The van der Waals surface area contributed by atoms with Gasteiger partial charge in [0.2, 0.25) is 11.8 Å². The number of likely N-dealkylation sites (N-methyl/N-ethyl adjacent to an activating group) is 2. The number of allylic oxidation sites excluding steroid dienone is 2. The van der Waals surface area contributed by atoms with Gasteiger partial charge in [0, 0.05) is 20.1 Å². The Bertz CT molecular complexity index is 429. The highest BCUT2D eigenvalue weighted by Crippen LogP contribution is 2.27. The Morgan fingerprint density at radius 2 is 1.62 bits per heavy atom. The largest absolute Gasteiger partial charge is 0.481 e. The Morgan fingerprint density at radius 1 is 1.10 bits per heavy atom. The zero-order valence-corrected chi connectivity index (χ0v) is 12.9. The molecule has 0 radical (unpaired) electrons. The van der Waals surface area contributed by atoms with E-state index in [1.807, 2.05) is 19.9 Å². The standard InChI is InChI=1S/C15H24N2O4/c1-4-17(5-2)13(18)10-16(3)14(19)11-8-6-7-9-12(11)15(20)21/h6-7,11-12H,4-5,8-10H2,1-3H3,(H,20,21). The molecular formula is C15H24N2O4. The Balaban J connectivity index is 2.71. The Labute approximate surface area is 125 Å². The predicted octanol–water partition coefficient (Wildman–Crippen LogP) is 0.980. The van der Waals surface area contributed by atoms with Crippen LogP contribution in [-0.2, 0) is 14.4 Å². The third-order valence-electron chi connectivity index (χ3n) is 3.93. The molecule has 0 aromatic heterocycles. The summed E-state index contributed by atoms with van der Waals surface area (Å²) in [6.07, 6.45) is 4.41. The van der Waals surface area contributed by atoms with Crippen molar-refractivity contribution in [1.29, 1.82) is 0 Å². The molecule has 1 N–H and O–H groups in total. The molecule has 0 saturated carbocycles. The summed E-state index contributed by atoms with van der Waals surface area (Å²) in [5.41, 5.74) is 0. The fourth-order valence-corrected chi connectivity index (χ4v) is 2.60. The van der Waals surface area contributed by atoms with E-state index in [1.165, 1.54) is 4.90 Å². The first kappa shape index (κ1) is 17.2. The molecule has 1 rings (SSSR count). The van der Waals surface area contributed by atoms with Crippen LogP contribution in [0.1, 0.15) is 26.7 Å². The Kier molecular flexibility index (Phi) is 6.39.